The topological polar surface area (TPSA) is 57.5 Å². The molecule has 1 unspecified atom stereocenters. The smallest absolute Gasteiger partial charge is 0.309 e. The number of allylic oxidation sites excluding steroid dienone is 1. The molecule has 0 spiro atoms. The minimum Gasteiger partial charge on any atom is -0.481 e. The second kappa shape index (κ2) is 8.25. The molecule has 0 bridgehead atoms. The van der Waals surface area contributed by atoms with Gasteiger partial charge in [-0.2, -0.15) is 0 Å². The maximum Gasteiger partial charge on any atom is 0.309 e. The van der Waals surface area contributed by atoms with E-state index in [4.69, 9.17) is 5.11 Å². The Morgan fingerprint density at radius 3 is 2.59 bits per heavy atom. The third-order valence-electron chi connectivity index (χ3n) is 2.69. The van der Waals surface area contributed by atoms with Gasteiger partial charge in [0.25, 0.3) is 0 Å². The van der Waals surface area contributed by atoms with Crippen LogP contribution >= 0.6 is 0 Å². The summed E-state index contributed by atoms with van der Waals surface area (Å²) in [6, 6.07) is 0. The fourth-order valence-corrected chi connectivity index (χ4v) is 1.63. The lowest BCUT2D eigenvalue weighted by Gasteiger charge is -2.30. The van der Waals surface area contributed by atoms with Crippen LogP contribution in [0.3, 0.4) is 0 Å². The molecule has 0 aromatic rings. The normalized spacial score (nSPS) is 14.1. The highest BCUT2D eigenvalue weighted by molar-refractivity contribution is 5.66. The summed E-state index contributed by atoms with van der Waals surface area (Å²) in [5.74, 6) is -0.788. The van der Waals surface area contributed by atoms with E-state index in [1.54, 1.807) is 0 Å². The van der Waals surface area contributed by atoms with E-state index in [2.05, 4.69) is 6.92 Å². The molecular weight excluding hydrogens is 218 g/mol. The molecule has 0 heterocycles. The predicted octanol–water partition coefficient (Wildman–Crippen LogP) is 1.64. The number of quaternary nitrogens is 1. The number of hydrogen-bond donors (Lipinski definition) is 2. The summed E-state index contributed by atoms with van der Waals surface area (Å²) in [6.45, 7) is 3.22. The molecule has 0 aromatic carbocycles. The molecule has 4 nitrogen and oxygen atoms in total. The summed E-state index contributed by atoms with van der Waals surface area (Å²) in [6.07, 6.45) is 6.76. The molecule has 0 amide bonds. The number of carboxylic acid groups (broad SMARTS) is 1. The highest BCUT2D eigenvalue weighted by atomic mass is 16.4. The zero-order valence-corrected chi connectivity index (χ0v) is 11.2. The van der Waals surface area contributed by atoms with Gasteiger partial charge >= 0.3 is 5.97 Å². The van der Waals surface area contributed by atoms with Gasteiger partial charge in [-0.25, -0.2) is 0 Å². The van der Waals surface area contributed by atoms with Crippen molar-refractivity contribution in [2.75, 3.05) is 27.2 Å². The zero-order valence-electron chi connectivity index (χ0n) is 11.2. The van der Waals surface area contributed by atoms with Crippen LogP contribution < -0.4 is 0 Å². The van der Waals surface area contributed by atoms with E-state index < -0.39 is 12.1 Å². The number of carbonyl (C=O) groups is 1. The number of hydrogen-bond acceptors (Lipinski definition) is 2. The molecule has 0 aromatic heterocycles. The van der Waals surface area contributed by atoms with Crippen LogP contribution in [0.15, 0.2) is 12.2 Å². The van der Waals surface area contributed by atoms with Crippen LogP contribution in [0.25, 0.3) is 0 Å². The molecule has 1 atom stereocenters. The molecule has 0 aliphatic heterocycles. The van der Waals surface area contributed by atoms with Gasteiger partial charge in [0.1, 0.15) is 12.6 Å². The molecule has 17 heavy (non-hydrogen) atoms. The van der Waals surface area contributed by atoms with Crippen molar-refractivity contribution in [1.82, 2.24) is 0 Å². The van der Waals surface area contributed by atoms with E-state index in [9.17, 15) is 9.90 Å². The lowest BCUT2D eigenvalue weighted by atomic mass is 10.2. The van der Waals surface area contributed by atoms with Gasteiger partial charge in [-0.1, -0.05) is 31.9 Å². The van der Waals surface area contributed by atoms with Gasteiger partial charge in [0.15, 0.2) is 0 Å². The summed E-state index contributed by atoms with van der Waals surface area (Å²) >= 11 is 0. The molecule has 0 rings (SSSR count). The summed E-state index contributed by atoms with van der Waals surface area (Å²) in [4.78, 5) is 10.5. The number of unbranched alkanes of at least 4 members (excludes halogenated alkanes) is 2. The summed E-state index contributed by atoms with van der Waals surface area (Å²) < 4.78 is 0.519. The lowest BCUT2D eigenvalue weighted by molar-refractivity contribution is -0.892. The van der Waals surface area contributed by atoms with Crippen molar-refractivity contribution in [3.05, 3.63) is 12.2 Å². The highest BCUT2D eigenvalue weighted by Gasteiger charge is 2.19. The van der Waals surface area contributed by atoms with Crippen LogP contribution in [0.1, 0.15) is 32.6 Å². The Hall–Kier alpha value is -0.870. The molecule has 0 fully saturated rings. The highest BCUT2D eigenvalue weighted by Crippen LogP contribution is 2.04. The molecule has 0 saturated carbocycles. The van der Waals surface area contributed by atoms with Crippen molar-refractivity contribution in [1.29, 1.82) is 0 Å². The van der Waals surface area contributed by atoms with Gasteiger partial charge in [0, 0.05) is 0 Å². The first kappa shape index (κ1) is 16.1. The van der Waals surface area contributed by atoms with Crippen LogP contribution in [0, 0.1) is 0 Å². The monoisotopic (exact) mass is 244 g/mol. The first-order valence-electron chi connectivity index (χ1n) is 6.26. The molecule has 0 saturated heterocycles. The van der Waals surface area contributed by atoms with Crippen molar-refractivity contribution in [2.45, 2.75) is 38.7 Å². The van der Waals surface area contributed by atoms with Crippen LogP contribution in [0.2, 0.25) is 0 Å². The van der Waals surface area contributed by atoms with E-state index in [1.165, 1.54) is 0 Å². The number of nitrogens with zero attached hydrogens (tertiary/aromatic N) is 1. The summed E-state index contributed by atoms with van der Waals surface area (Å²) in [5.41, 5.74) is 0. The van der Waals surface area contributed by atoms with Crippen molar-refractivity contribution < 1.29 is 19.5 Å². The number of aliphatic carboxylic acids is 1. The number of aliphatic hydroxyl groups excluding tert-OH is 1. The van der Waals surface area contributed by atoms with Crippen LogP contribution in [-0.2, 0) is 4.79 Å². The largest absolute Gasteiger partial charge is 0.481 e. The van der Waals surface area contributed by atoms with Gasteiger partial charge < -0.3 is 14.7 Å². The first-order valence-corrected chi connectivity index (χ1v) is 6.26. The molecule has 0 radical (unpaired) electrons. The third-order valence-corrected chi connectivity index (χ3v) is 2.69. The maximum absolute atomic E-state index is 10.5. The minimum absolute atomic E-state index is 0.138. The Morgan fingerprint density at radius 2 is 2.06 bits per heavy atom. The van der Waals surface area contributed by atoms with E-state index in [1.807, 2.05) is 26.2 Å². The standard InChI is InChI=1S/C13H25NO3/c1-4-5-6-7-8-12(15)11-14(2,3)10-9-13(16)17/h7-8,12,15H,4-6,9-11H2,1-3H3/p+1/b8-7+. The number of carboxylic acids is 1. The van der Waals surface area contributed by atoms with Crippen molar-refractivity contribution in [2.24, 2.45) is 0 Å². The average molecular weight is 244 g/mol. The van der Waals surface area contributed by atoms with E-state index in [-0.39, 0.29) is 6.42 Å². The predicted molar refractivity (Wildman–Crippen MR) is 68.8 cm³/mol. The Labute approximate surface area is 104 Å². The fraction of sp³-hybridized carbons (Fsp3) is 0.769. The average Bonchev–Trinajstić information content (AvgIpc) is 2.21. The molecule has 0 aliphatic rings. The van der Waals surface area contributed by atoms with Crippen molar-refractivity contribution >= 4 is 5.97 Å². The molecule has 100 valence electrons. The van der Waals surface area contributed by atoms with Crippen LogP contribution in [0.4, 0.5) is 0 Å². The Bertz CT molecular complexity index is 249. The summed E-state index contributed by atoms with van der Waals surface area (Å²) in [5, 5.41) is 18.4. The third kappa shape index (κ3) is 10.0. The molecule has 0 aliphatic carbocycles. The molecule has 4 heteroatoms. The van der Waals surface area contributed by atoms with E-state index in [0.717, 1.165) is 19.3 Å². The quantitative estimate of drug-likeness (QED) is 0.368. The SMILES string of the molecule is CCCC/C=C/C(O)C[N+](C)(C)CCC(=O)O. The zero-order chi connectivity index (χ0) is 13.3. The number of rotatable bonds is 9. The number of likely N-dealkylation sites (N-methyl/N-ethyl adjacent to an activating group) is 1. The molecular formula is C13H26NO3+. The van der Waals surface area contributed by atoms with Gasteiger partial charge in [-0.05, 0) is 6.42 Å². The molecule has 2 N–H and O–H groups in total. The van der Waals surface area contributed by atoms with Gasteiger partial charge in [-0.15, -0.1) is 0 Å². The minimum atomic E-state index is -0.788. The van der Waals surface area contributed by atoms with E-state index >= 15 is 0 Å². The lowest BCUT2D eigenvalue weighted by Crippen LogP contribution is -2.46. The second-order valence-electron chi connectivity index (χ2n) is 5.12. The Balaban J connectivity index is 3.94. The second-order valence-corrected chi connectivity index (χ2v) is 5.12. The Morgan fingerprint density at radius 1 is 1.41 bits per heavy atom. The van der Waals surface area contributed by atoms with Gasteiger partial charge in [-0.3, -0.25) is 4.79 Å². The van der Waals surface area contributed by atoms with Crippen LogP contribution in [-0.4, -0.2) is 54.0 Å². The fourth-order valence-electron chi connectivity index (χ4n) is 1.63. The van der Waals surface area contributed by atoms with Gasteiger partial charge in [0.05, 0.1) is 27.1 Å². The first-order chi connectivity index (χ1) is 7.87. The maximum atomic E-state index is 10.5. The number of aliphatic hydroxyl groups is 1. The Kier molecular flexibility index (Phi) is 7.83. The van der Waals surface area contributed by atoms with Gasteiger partial charge in [0.2, 0.25) is 0 Å². The van der Waals surface area contributed by atoms with Crippen LogP contribution in [0.5, 0.6) is 0 Å². The van der Waals surface area contributed by atoms with Crippen molar-refractivity contribution in [3.63, 3.8) is 0 Å². The van der Waals surface area contributed by atoms with E-state index in [0.29, 0.717) is 17.6 Å². The van der Waals surface area contributed by atoms with Crippen molar-refractivity contribution in [3.8, 4) is 0 Å². The summed E-state index contributed by atoms with van der Waals surface area (Å²) in [7, 11) is 3.87.